The van der Waals surface area contributed by atoms with Gasteiger partial charge in [-0.3, -0.25) is 10.1 Å². The number of ether oxygens (including phenoxy) is 2. The Bertz CT molecular complexity index is 1110. The molecule has 0 atom stereocenters. The van der Waals surface area contributed by atoms with Crippen molar-refractivity contribution in [2.45, 2.75) is 39.0 Å². The lowest BCUT2D eigenvalue weighted by Crippen LogP contribution is -2.34. The zero-order valence-electron chi connectivity index (χ0n) is 19.9. The number of unbranched alkanes of at least 4 members (excludes halogenated alkanes) is 3. The van der Waals surface area contributed by atoms with Crippen LogP contribution in [-0.4, -0.2) is 24.2 Å². The zero-order valence-corrected chi connectivity index (χ0v) is 22.3. The highest BCUT2D eigenvalue weighted by Crippen LogP contribution is 2.26. The number of amides is 1. The van der Waals surface area contributed by atoms with Gasteiger partial charge in [-0.2, -0.15) is 0 Å². The van der Waals surface area contributed by atoms with Gasteiger partial charge in [0, 0.05) is 23.7 Å². The summed E-state index contributed by atoms with van der Waals surface area (Å²) >= 11 is 8.83. The molecular formula is C28H31BrN2O3S. The molecule has 1 amide bonds. The van der Waals surface area contributed by atoms with Crippen molar-refractivity contribution in [2.75, 3.05) is 18.5 Å². The van der Waals surface area contributed by atoms with E-state index in [4.69, 9.17) is 21.7 Å². The highest BCUT2D eigenvalue weighted by atomic mass is 79.9. The second-order valence-electron chi connectivity index (χ2n) is 8.07. The van der Waals surface area contributed by atoms with Crippen LogP contribution in [0.25, 0.3) is 0 Å². The SMILES string of the molecule is CCCCCCOc1ccc(C(=O)NC(=S)Nc2cccc(OCCc3ccccc3)c2)cc1Br. The van der Waals surface area contributed by atoms with Crippen LogP contribution in [0.4, 0.5) is 5.69 Å². The molecule has 7 heteroatoms. The van der Waals surface area contributed by atoms with Crippen LogP contribution in [0.5, 0.6) is 11.5 Å². The Morgan fingerprint density at radius 1 is 0.914 bits per heavy atom. The first-order chi connectivity index (χ1) is 17.0. The molecule has 184 valence electrons. The summed E-state index contributed by atoms with van der Waals surface area (Å²) in [7, 11) is 0. The van der Waals surface area contributed by atoms with E-state index < -0.39 is 0 Å². The lowest BCUT2D eigenvalue weighted by atomic mass is 10.2. The van der Waals surface area contributed by atoms with Crippen molar-refractivity contribution in [1.82, 2.24) is 5.32 Å². The van der Waals surface area contributed by atoms with E-state index in [9.17, 15) is 4.79 Å². The van der Waals surface area contributed by atoms with E-state index in [0.29, 0.717) is 18.8 Å². The Morgan fingerprint density at radius 2 is 1.74 bits per heavy atom. The number of halogens is 1. The van der Waals surface area contributed by atoms with Crippen molar-refractivity contribution in [1.29, 1.82) is 0 Å². The number of anilines is 1. The maximum Gasteiger partial charge on any atom is 0.257 e. The number of rotatable bonds is 12. The minimum atomic E-state index is -0.298. The molecule has 3 aromatic rings. The van der Waals surface area contributed by atoms with Gasteiger partial charge in [-0.25, -0.2) is 0 Å². The Hall–Kier alpha value is -2.90. The van der Waals surface area contributed by atoms with Gasteiger partial charge in [0.25, 0.3) is 5.91 Å². The maximum atomic E-state index is 12.7. The molecule has 5 nitrogen and oxygen atoms in total. The fourth-order valence-electron chi connectivity index (χ4n) is 3.40. The van der Waals surface area contributed by atoms with Crippen molar-refractivity contribution in [3.8, 4) is 11.5 Å². The van der Waals surface area contributed by atoms with Gasteiger partial charge < -0.3 is 14.8 Å². The number of thiocarbonyl (C=S) groups is 1. The normalized spacial score (nSPS) is 10.5. The maximum absolute atomic E-state index is 12.7. The molecule has 0 spiro atoms. The summed E-state index contributed by atoms with van der Waals surface area (Å²) in [4.78, 5) is 12.7. The van der Waals surface area contributed by atoms with Crippen LogP contribution in [0.15, 0.2) is 77.3 Å². The number of benzene rings is 3. The molecule has 0 saturated carbocycles. The minimum Gasteiger partial charge on any atom is -0.493 e. The lowest BCUT2D eigenvalue weighted by molar-refractivity contribution is 0.0977. The Balaban J connectivity index is 1.47. The molecule has 0 aliphatic carbocycles. The van der Waals surface area contributed by atoms with Crippen molar-refractivity contribution < 1.29 is 14.3 Å². The Labute approximate surface area is 221 Å². The van der Waals surface area contributed by atoms with Crippen LogP contribution in [0.1, 0.15) is 48.5 Å². The molecule has 0 radical (unpaired) electrons. The summed E-state index contributed by atoms with van der Waals surface area (Å²) in [5, 5.41) is 5.98. The molecule has 0 bridgehead atoms. The van der Waals surface area contributed by atoms with E-state index in [0.717, 1.165) is 40.9 Å². The van der Waals surface area contributed by atoms with Crippen LogP contribution in [0.2, 0.25) is 0 Å². The Morgan fingerprint density at radius 3 is 2.51 bits per heavy atom. The summed E-state index contributed by atoms with van der Waals surface area (Å²) in [5.41, 5.74) is 2.45. The van der Waals surface area contributed by atoms with Crippen molar-refractivity contribution in [2.24, 2.45) is 0 Å². The van der Waals surface area contributed by atoms with Crippen molar-refractivity contribution in [3.63, 3.8) is 0 Å². The smallest absolute Gasteiger partial charge is 0.257 e. The van der Waals surface area contributed by atoms with E-state index in [1.165, 1.54) is 18.4 Å². The first-order valence-corrected chi connectivity index (χ1v) is 13.1. The molecule has 35 heavy (non-hydrogen) atoms. The Kier molecular flexibility index (Phi) is 11.1. The van der Waals surface area contributed by atoms with Gasteiger partial charge in [-0.1, -0.05) is 62.6 Å². The monoisotopic (exact) mass is 554 g/mol. The van der Waals surface area contributed by atoms with Gasteiger partial charge in [0.1, 0.15) is 11.5 Å². The first-order valence-electron chi connectivity index (χ1n) is 11.9. The standard InChI is InChI=1S/C28H31BrN2O3S/c1-2-3-4-8-17-34-26-15-14-22(19-25(26)29)27(32)31-28(35)30-23-12-9-13-24(20-23)33-18-16-21-10-6-5-7-11-21/h5-7,9-15,19-20H,2-4,8,16-18H2,1H3,(H2,30,31,32,35). The molecule has 0 fully saturated rings. The molecule has 3 aromatic carbocycles. The molecule has 0 saturated heterocycles. The third-order valence-electron chi connectivity index (χ3n) is 5.27. The summed E-state index contributed by atoms with van der Waals surface area (Å²) in [6.07, 6.45) is 5.40. The quantitative estimate of drug-likeness (QED) is 0.184. The van der Waals surface area contributed by atoms with Gasteiger partial charge in [0.15, 0.2) is 5.11 Å². The summed E-state index contributed by atoms with van der Waals surface area (Å²) in [6.45, 7) is 3.41. The summed E-state index contributed by atoms with van der Waals surface area (Å²) in [5.74, 6) is 1.16. The second-order valence-corrected chi connectivity index (χ2v) is 9.34. The van der Waals surface area contributed by atoms with Crippen LogP contribution in [-0.2, 0) is 6.42 Å². The molecule has 0 unspecified atom stereocenters. The number of hydrogen-bond donors (Lipinski definition) is 2. The highest BCUT2D eigenvalue weighted by molar-refractivity contribution is 9.10. The zero-order chi connectivity index (χ0) is 24.9. The molecule has 0 aromatic heterocycles. The predicted molar refractivity (Wildman–Crippen MR) is 150 cm³/mol. The van der Waals surface area contributed by atoms with Crippen molar-refractivity contribution >= 4 is 44.9 Å². The van der Waals surface area contributed by atoms with Gasteiger partial charge in [0.05, 0.1) is 17.7 Å². The third-order valence-corrected chi connectivity index (χ3v) is 6.09. The van der Waals surface area contributed by atoms with Gasteiger partial charge in [-0.05, 0) is 70.5 Å². The van der Waals surface area contributed by atoms with Crippen molar-refractivity contribution in [3.05, 3.63) is 88.4 Å². The van der Waals surface area contributed by atoms with E-state index in [1.807, 2.05) is 42.5 Å². The average Bonchev–Trinajstić information content (AvgIpc) is 2.85. The summed E-state index contributed by atoms with van der Waals surface area (Å²) in [6, 6.07) is 22.9. The number of carbonyl (C=O) groups is 1. The number of hydrogen-bond acceptors (Lipinski definition) is 4. The van der Waals surface area contributed by atoms with E-state index in [1.54, 1.807) is 18.2 Å². The van der Waals surface area contributed by atoms with Crippen LogP contribution < -0.4 is 20.1 Å². The van der Waals surface area contributed by atoms with Gasteiger partial charge in [-0.15, -0.1) is 0 Å². The molecule has 3 rings (SSSR count). The van der Waals surface area contributed by atoms with E-state index in [2.05, 4.69) is 45.6 Å². The minimum absolute atomic E-state index is 0.212. The predicted octanol–water partition coefficient (Wildman–Crippen LogP) is 7.16. The lowest BCUT2D eigenvalue weighted by Gasteiger charge is -2.13. The van der Waals surface area contributed by atoms with Crippen LogP contribution in [0, 0.1) is 0 Å². The van der Waals surface area contributed by atoms with E-state index in [-0.39, 0.29) is 11.0 Å². The topological polar surface area (TPSA) is 59.6 Å². The first kappa shape index (κ1) is 26.7. The van der Waals surface area contributed by atoms with Crippen LogP contribution >= 0.6 is 28.1 Å². The molecule has 0 aliphatic heterocycles. The fourth-order valence-corrected chi connectivity index (χ4v) is 4.11. The molecule has 0 aliphatic rings. The number of nitrogens with one attached hydrogen (secondary N) is 2. The fraction of sp³-hybridized carbons (Fsp3) is 0.286. The largest absolute Gasteiger partial charge is 0.493 e. The van der Waals surface area contributed by atoms with Gasteiger partial charge >= 0.3 is 0 Å². The van der Waals surface area contributed by atoms with Crippen LogP contribution in [0.3, 0.4) is 0 Å². The average molecular weight is 556 g/mol. The number of carbonyl (C=O) groups excluding carboxylic acids is 1. The molecular weight excluding hydrogens is 524 g/mol. The highest BCUT2D eigenvalue weighted by Gasteiger charge is 2.11. The molecule has 2 N–H and O–H groups in total. The molecule has 0 heterocycles. The second kappa shape index (κ2) is 14.5. The summed E-state index contributed by atoms with van der Waals surface area (Å²) < 4.78 is 12.4. The van der Waals surface area contributed by atoms with Gasteiger partial charge in [0.2, 0.25) is 0 Å². The third kappa shape index (κ3) is 9.34. The van der Waals surface area contributed by atoms with E-state index >= 15 is 0 Å².